The maximum atomic E-state index is 6.37. The zero-order valence-electron chi connectivity index (χ0n) is 20.8. The van der Waals surface area contributed by atoms with Crippen LogP contribution < -0.4 is 4.98 Å². The lowest BCUT2D eigenvalue weighted by Gasteiger charge is -2.52. The summed E-state index contributed by atoms with van der Waals surface area (Å²) in [6, 6.07) is 1.28. The minimum Gasteiger partial charge on any atom is -0.376 e. The van der Waals surface area contributed by atoms with Crippen LogP contribution in [0.25, 0.3) is 0 Å². The van der Waals surface area contributed by atoms with Gasteiger partial charge < -0.3 is 9.72 Å². The van der Waals surface area contributed by atoms with Crippen molar-refractivity contribution in [2.24, 2.45) is 23.7 Å². The molecule has 166 valence electrons. The highest BCUT2D eigenvalue weighted by Gasteiger charge is 2.57. The fourth-order valence-electron chi connectivity index (χ4n) is 6.76. The first-order valence-corrected chi connectivity index (χ1v) is 14.6. The van der Waals surface area contributed by atoms with Crippen LogP contribution in [0.4, 0.5) is 0 Å². The molecule has 0 aromatic heterocycles. The number of hydrogen-bond acceptors (Lipinski definition) is 2. The van der Waals surface area contributed by atoms with Gasteiger partial charge in [0, 0.05) is 12.1 Å². The minimum atomic E-state index is -1.78. The molecule has 1 N–H and O–H groups in total. The molecular formula is C25H51NOSi. The van der Waals surface area contributed by atoms with E-state index in [0.29, 0.717) is 0 Å². The van der Waals surface area contributed by atoms with Crippen molar-refractivity contribution in [1.82, 2.24) is 4.98 Å². The summed E-state index contributed by atoms with van der Waals surface area (Å²) in [5.74, 6) is 3.31. The Bertz CT molecular complexity index is 474. The first-order valence-electron chi connectivity index (χ1n) is 12.2. The Hall–Kier alpha value is 0.137. The van der Waals surface area contributed by atoms with Crippen molar-refractivity contribution in [3.8, 4) is 0 Å². The van der Waals surface area contributed by atoms with Gasteiger partial charge in [0.25, 0.3) is 0 Å². The number of rotatable bonds is 6. The second-order valence-corrected chi connectivity index (χ2v) is 16.7. The number of nitrogens with one attached hydrogen (secondary N) is 1. The molecule has 0 radical (unpaired) electrons. The van der Waals surface area contributed by atoms with Crippen LogP contribution in [0, 0.1) is 23.7 Å². The molecule has 2 aliphatic carbocycles. The highest BCUT2D eigenvalue weighted by atomic mass is 28.3. The van der Waals surface area contributed by atoms with Crippen LogP contribution in [0.15, 0.2) is 0 Å². The predicted octanol–water partition coefficient (Wildman–Crippen LogP) is 7.40. The Kier molecular flexibility index (Phi) is 7.93. The van der Waals surface area contributed by atoms with Crippen molar-refractivity contribution in [2.75, 3.05) is 6.61 Å². The third kappa shape index (κ3) is 5.63. The maximum Gasteiger partial charge on any atom is 0.135 e. The summed E-state index contributed by atoms with van der Waals surface area (Å²) in [6.07, 6.45) is 7.21. The molecule has 0 bridgehead atoms. The molecule has 2 aliphatic rings. The van der Waals surface area contributed by atoms with E-state index in [-0.39, 0.29) is 11.1 Å². The SMILES string of the molecule is CC1C(C)C(C)C([Si](CCOC(C)(C)C)(NC(C)(C)C)C2CCCCC2)C1C. The number of hydrogen-bond donors (Lipinski definition) is 1. The molecule has 5 atom stereocenters. The predicted molar refractivity (Wildman–Crippen MR) is 126 cm³/mol. The van der Waals surface area contributed by atoms with E-state index in [2.05, 4.69) is 74.2 Å². The molecule has 2 fully saturated rings. The quantitative estimate of drug-likeness (QED) is 0.461. The molecule has 0 saturated heterocycles. The van der Waals surface area contributed by atoms with E-state index in [1.54, 1.807) is 0 Å². The standard InChI is InChI=1S/C25H51NOSi/c1-18-19(2)21(4)23(20(18)3)28(26-24(5,6)7,17-16-27-25(8,9)10)22-14-12-11-13-15-22/h18-23,26H,11-17H2,1-10H3. The van der Waals surface area contributed by atoms with Crippen molar-refractivity contribution in [1.29, 1.82) is 0 Å². The van der Waals surface area contributed by atoms with E-state index < -0.39 is 8.24 Å². The van der Waals surface area contributed by atoms with Crippen LogP contribution in [-0.4, -0.2) is 26.0 Å². The molecule has 0 heterocycles. The molecular weight excluding hydrogens is 358 g/mol. The van der Waals surface area contributed by atoms with Gasteiger partial charge in [-0.15, -0.1) is 0 Å². The molecule has 2 saturated carbocycles. The molecule has 2 nitrogen and oxygen atoms in total. The lowest BCUT2D eigenvalue weighted by molar-refractivity contribution is 0.00418. The second-order valence-electron chi connectivity index (χ2n) is 12.4. The highest BCUT2D eigenvalue weighted by Crippen LogP contribution is 2.58. The van der Waals surface area contributed by atoms with Crippen LogP contribution >= 0.6 is 0 Å². The summed E-state index contributed by atoms with van der Waals surface area (Å²) in [5, 5.41) is 0. The Balaban J connectivity index is 2.45. The van der Waals surface area contributed by atoms with Gasteiger partial charge >= 0.3 is 0 Å². The van der Waals surface area contributed by atoms with Crippen molar-refractivity contribution in [3.05, 3.63) is 0 Å². The normalized spacial score (nSPS) is 35.1. The molecule has 0 aliphatic heterocycles. The molecule has 5 unspecified atom stereocenters. The van der Waals surface area contributed by atoms with E-state index in [0.717, 1.165) is 41.4 Å². The average Bonchev–Trinajstić information content (AvgIpc) is 2.76. The number of ether oxygens (including phenoxy) is 1. The lowest BCUT2D eigenvalue weighted by atomic mass is 9.92. The summed E-state index contributed by atoms with van der Waals surface area (Å²) in [5.41, 5.74) is 1.92. The van der Waals surface area contributed by atoms with Gasteiger partial charge in [0.15, 0.2) is 0 Å². The van der Waals surface area contributed by atoms with Gasteiger partial charge in [0.05, 0.1) is 5.60 Å². The van der Waals surface area contributed by atoms with Crippen LogP contribution in [0.3, 0.4) is 0 Å². The summed E-state index contributed by atoms with van der Waals surface area (Å²) in [4.78, 5) is 4.43. The summed E-state index contributed by atoms with van der Waals surface area (Å²) in [7, 11) is -1.78. The molecule has 0 spiro atoms. The zero-order valence-corrected chi connectivity index (χ0v) is 21.8. The van der Waals surface area contributed by atoms with E-state index in [9.17, 15) is 0 Å². The fraction of sp³-hybridized carbons (Fsp3) is 1.00. The van der Waals surface area contributed by atoms with Gasteiger partial charge in [-0.25, -0.2) is 0 Å². The van der Waals surface area contributed by atoms with Crippen LogP contribution in [0.1, 0.15) is 101 Å². The Morgan fingerprint density at radius 2 is 1.29 bits per heavy atom. The average molecular weight is 410 g/mol. The molecule has 0 aromatic carbocycles. The van der Waals surface area contributed by atoms with Gasteiger partial charge in [0.2, 0.25) is 0 Å². The van der Waals surface area contributed by atoms with Gasteiger partial charge in [-0.3, -0.25) is 0 Å². The summed E-state index contributed by atoms with van der Waals surface area (Å²) in [6.45, 7) is 25.0. The second kappa shape index (κ2) is 9.10. The van der Waals surface area contributed by atoms with Crippen LogP contribution in [0.2, 0.25) is 17.1 Å². The summed E-state index contributed by atoms with van der Waals surface area (Å²) < 4.78 is 6.37. The monoisotopic (exact) mass is 409 g/mol. The van der Waals surface area contributed by atoms with Gasteiger partial charge in [-0.1, -0.05) is 59.8 Å². The maximum absolute atomic E-state index is 6.37. The Morgan fingerprint density at radius 1 is 0.786 bits per heavy atom. The van der Waals surface area contributed by atoms with E-state index in [1.165, 1.54) is 38.1 Å². The first kappa shape index (κ1) is 24.4. The van der Waals surface area contributed by atoms with Crippen LogP contribution in [-0.2, 0) is 4.74 Å². The zero-order chi connectivity index (χ0) is 21.3. The summed E-state index contributed by atoms with van der Waals surface area (Å²) >= 11 is 0. The minimum absolute atomic E-state index is 0.0398. The first-order chi connectivity index (χ1) is 12.8. The van der Waals surface area contributed by atoms with Crippen molar-refractivity contribution in [2.45, 2.75) is 130 Å². The van der Waals surface area contributed by atoms with E-state index in [1.807, 2.05) is 0 Å². The third-order valence-corrected chi connectivity index (χ3v) is 14.7. The molecule has 0 aromatic rings. The van der Waals surface area contributed by atoms with E-state index >= 15 is 0 Å². The van der Waals surface area contributed by atoms with Crippen LogP contribution in [0.5, 0.6) is 0 Å². The smallest absolute Gasteiger partial charge is 0.135 e. The Labute approximate surface area is 178 Å². The highest BCUT2D eigenvalue weighted by molar-refractivity contribution is 6.80. The van der Waals surface area contributed by atoms with Crippen molar-refractivity contribution < 1.29 is 4.74 Å². The molecule has 28 heavy (non-hydrogen) atoms. The topological polar surface area (TPSA) is 21.3 Å². The lowest BCUT2D eigenvalue weighted by Crippen LogP contribution is -2.66. The molecule has 0 amide bonds. The van der Waals surface area contributed by atoms with Crippen molar-refractivity contribution >= 4 is 8.24 Å². The fourth-order valence-corrected chi connectivity index (χ4v) is 14.3. The van der Waals surface area contributed by atoms with Gasteiger partial charge in [-0.2, -0.15) is 0 Å². The van der Waals surface area contributed by atoms with E-state index in [4.69, 9.17) is 4.74 Å². The van der Waals surface area contributed by atoms with Crippen molar-refractivity contribution in [3.63, 3.8) is 0 Å². The molecule has 2 rings (SSSR count). The van der Waals surface area contributed by atoms with Gasteiger partial charge in [-0.05, 0) is 82.3 Å². The van der Waals surface area contributed by atoms with Gasteiger partial charge in [0.1, 0.15) is 8.24 Å². The Morgan fingerprint density at radius 3 is 1.71 bits per heavy atom. The molecule has 3 heteroatoms. The third-order valence-electron chi connectivity index (χ3n) is 8.21. The largest absolute Gasteiger partial charge is 0.376 e.